The molecular formula is C18H20ClNO7. The van der Waals surface area contributed by atoms with Crippen LogP contribution in [0, 0.1) is 0 Å². The predicted molar refractivity (Wildman–Crippen MR) is 98.3 cm³/mol. The Labute approximate surface area is 160 Å². The molecule has 5 N–H and O–H groups in total. The molecule has 0 radical (unpaired) electrons. The molecule has 3 atom stereocenters. The van der Waals surface area contributed by atoms with Crippen LogP contribution in [-0.4, -0.2) is 55.6 Å². The maximum atomic E-state index is 12.5. The maximum Gasteiger partial charge on any atom is 0.342 e. The van der Waals surface area contributed by atoms with E-state index in [2.05, 4.69) is 5.16 Å². The molecule has 146 valence electrons. The fourth-order valence-electron chi connectivity index (χ4n) is 2.53. The van der Waals surface area contributed by atoms with E-state index in [1.54, 1.807) is 6.92 Å². The number of carbonyl (C=O) groups excluding carboxylic acids is 1. The summed E-state index contributed by atoms with van der Waals surface area (Å²) < 4.78 is 5.28. The lowest BCUT2D eigenvalue weighted by molar-refractivity contribution is 0.0344. The monoisotopic (exact) mass is 397 g/mol. The number of ether oxygens (including phenoxy) is 1. The highest BCUT2D eigenvalue weighted by molar-refractivity contribution is 6.34. The Morgan fingerprint density at radius 1 is 1.15 bits per heavy atom. The summed E-state index contributed by atoms with van der Waals surface area (Å²) in [6, 6.07) is 0.937. The van der Waals surface area contributed by atoms with Crippen LogP contribution in [0.3, 0.4) is 0 Å². The van der Waals surface area contributed by atoms with Crippen molar-refractivity contribution in [1.82, 2.24) is 0 Å². The molecule has 0 amide bonds. The third-order valence-electron chi connectivity index (χ3n) is 3.97. The van der Waals surface area contributed by atoms with Crippen molar-refractivity contribution in [1.29, 1.82) is 0 Å². The lowest BCUT2D eigenvalue weighted by Crippen LogP contribution is -2.32. The molecule has 8 nitrogen and oxygen atoms in total. The molecule has 2 rings (SSSR count). The van der Waals surface area contributed by atoms with Gasteiger partial charge in [-0.3, -0.25) is 0 Å². The Hall–Kier alpha value is -2.55. The summed E-state index contributed by atoms with van der Waals surface area (Å²) in [5.41, 5.74) is -0.369. The fourth-order valence-corrected chi connectivity index (χ4v) is 2.75. The summed E-state index contributed by atoms with van der Waals surface area (Å²) in [4.78, 5) is 12.5. The van der Waals surface area contributed by atoms with Gasteiger partial charge < -0.3 is 30.4 Å². The molecule has 0 unspecified atom stereocenters. The van der Waals surface area contributed by atoms with Crippen LogP contribution in [0.4, 0.5) is 0 Å². The minimum Gasteiger partial charge on any atom is -0.507 e. The number of aliphatic hydroxyl groups is 2. The molecule has 1 aromatic carbocycles. The summed E-state index contributed by atoms with van der Waals surface area (Å²) in [6.07, 6.45) is 2.26. The first-order valence-electron chi connectivity index (χ1n) is 8.12. The van der Waals surface area contributed by atoms with Crippen LogP contribution in [-0.2, 0) is 4.74 Å². The quantitative estimate of drug-likeness (QED) is 0.257. The number of benzene rings is 1. The number of hydrogen-bond donors (Lipinski definition) is 5. The topological polar surface area (TPSA) is 140 Å². The number of phenolic OH excluding ortho intramolecular Hbond substituents is 2. The highest BCUT2D eigenvalue weighted by Gasteiger charge is 2.25. The molecule has 0 bridgehead atoms. The van der Waals surface area contributed by atoms with E-state index in [9.17, 15) is 25.2 Å². The van der Waals surface area contributed by atoms with E-state index in [4.69, 9.17) is 21.5 Å². The number of aliphatic hydroxyl groups excluding tert-OH is 2. The molecule has 0 aliphatic carbocycles. The van der Waals surface area contributed by atoms with Gasteiger partial charge in [-0.15, -0.1) is 0 Å². The SMILES string of the molecule is C[C@H]1C/C=C\C(=N/O)[C@@H](O)[C@@H](O)C/C=C/c2c(Cl)c(O)cc(O)c2C(=O)O1. The number of phenols is 2. The standard InChI is InChI=1S/C18H20ClNO7/c1-9-4-2-6-11(20-26)17(24)12(21)7-3-5-10-15(18(25)27-9)13(22)8-14(23)16(10)19/h2-3,5-6,8-9,12,17,21-24,26H,4,7H2,1H3/b5-3+,6-2-,20-11+/t9-,12-,17+/m0/s1. The minimum absolute atomic E-state index is 0.0108. The van der Waals surface area contributed by atoms with Crippen LogP contribution in [0.2, 0.25) is 5.02 Å². The second kappa shape index (κ2) is 8.90. The summed E-state index contributed by atoms with van der Waals surface area (Å²) in [5.74, 6) is -1.78. The highest BCUT2D eigenvalue weighted by Crippen LogP contribution is 2.37. The minimum atomic E-state index is -1.45. The zero-order valence-electron chi connectivity index (χ0n) is 14.4. The smallest absolute Gasteiger partial charge is 0.342 e. The summed E-state index contributed by atoms with van der Waals surface area (Å²) in [7, 11) is 0. The third kappa shape index (κ3) is 4.79. The predicted octanol–water partition coefficient (Wildman–Crippen LogP) is 2.21. The fraction of sp³-hybridized carbons (Fsp3) is 0.333. The molecule has 0 fully saturated rings. The molecule has 1 aliphatic rings. The van der Waals surface area contributed by atoms with E-state index < -0.39 is 35.8 Å². The molecule has 9 heteroatoms. The molecule has 0 aromatic heterocycles. The second-order valence-electron chi connectivity index (χ2n) is 6.05. The van der Waals surface area contributed by atoms with Crippen molar-refractivity contribution in [2.45, 2.75) is 38.1 Å². The molecule has 1 aromatic rings. The Bertz CT molecular complexity index is 803. The average molecular weight is 398 g/mol. The second-order valence-corrected chi connectivity index (χ2v) is 6.42. The van der Waals surface area contributed by atoms with E-state index in [1.807, 2.05) is 0 Å². The summed E-state index contributed by atoms with van der Waals surface area (Å²) >= 11 is 6.05. The summed E-state index contributed by atoms with van der Waals surface area (Å²) in [5, 5.41) is 51.8. The van der Waals surface area contributed by atoms with E-state index >= 15 is 0 Å². The molecule has 0 saturated carbocycles. The number of aromatic hydroxyl groups is 2. The van der Waals surface area contributed by atoms with Gasteiger partial charge in [0.15, 0.2) is 0 Å². The Morgan fingerprint density at radius 3 is 2.48 bits per heavy atom. The lowest BCUT2D eigenvalue weighted by Gasteiger charge is -2.18. The zero-order valence-corrected chi connectivity index (χ0v) is 15.2. The third-order valence-corrected chi connectivity index (χ3v) is 4.37. The first-order chi connectivity index (χ1) is 12.8. The first kappa shape index (κ1) is 20.8. The van der Waals surface area contributed by atoms with Gasteiger partial charge in [-0.05, 0) is 19.4 Å². The number of rotatable bonds is 0. The highest BCUT2D eigenvalue weighted by atomic mass is 35.5. The Morgan fingerprint density at radius 2 is 1.81 bits per heavy atom. The van der Waals surface area contributed by atoms with Gasteiger partial charge >= 0.3 is 5.97 Å². The number of esters is 1. The van der Waals surface area contributed by atoms with Crippen LogP contribution in [0.1, 0.15) is 35.7 Å². The van der Waals surface area contributed by atoms with Crippen molar-refractivity contribution in [3.05, 3.63) is 40.4 Å². The van der Waals surface area contributed by atoms with Gasteiger partial charge in [-0.1, -0.05) is 35.0 Å². The number of fused-ring (bicyclic) bond motifs is 1. The number of oxime groups is 1. The van der Waals surface area contributed by atoms with Crippen LogP contribution in [0.25, 0.3) is 6.08 Å². The average Bonchev–Trinajstić information content (AvgIpc) is 2.61. The van der Waals surface area contributed by atoms with Gasteiger partial charge in [0.25, 0.3) is 0 Å². The van der Waals surface area contributed by atoms with Crippen molar-refractivity contribution in [3.63, 3.8) is 0 Å². The van der Waals surface area contributed by atoms with E-state index in [0.29, 0.717) is 0 Å². The van der Waals surface area contributed by atoms with Crippen molar-refractivity contribution < 1.29 is 35.2 Å². The molecule has 1 heterocycles. The lowest BCUT2D eigenvalue weighted by atomic mass is 10.0. The van der Waals surface area contributed by atoms with Crippen LogP contribution < -0.4 is 0 Å². The largest absolute Gasteiger partial charge is 0.507 e. The first-order valence-corrected chi connectivity index (χ1v) is 8.50. The molecular weight excluding hydrogens is 378 g/mol. The molecule has 0 saturated heterocycles. The van der Waals surface area contributed by atoms with E-state index in [0.717, 1.165) is 6.07 Å². The molecule has 1 aliphatic heterocycles. The molecule has 27 heavy (non-hydrogen) atoms. The zero-order chi connectivity index (χ0) is 20.1. The number of halogens is 1. The van der Waals surface area contributed by atoms with Gasteiger partial charge in [0.05, 0.1) is 11.1 Å². The van der Waals surface area contributed by atoms with Crippen molar-refractivity contribution >= 4 is 29.4 Å². The number of carbonyl (C=O) groups is 1. The van der Waals surface area contributed by atoms with Crippen LogP contribution >= 0.6 is 11.6 Å². The Kier molecular flexibility index (Phi) is 6.84. The van der Waals surface area contributed by atoms with Crippen LogP contribution in [0.15, 0.2) is 29.5 Å². The van der Waals surface area contributed by atoms with Gasteiger partial charge in [0.1, 0.15) is 35.0 Å². The molecule has 0 spiro atoms. The van der Waals surface area contributed by atoms with Crippen molar-refractivity contribution in [3.8, 4) is 11.5 Å². The normalized spacial score (nSPS) is 28.1. The van der Waals surface area contributed by atoms with Gasteiger partial charge in [0.2, 0.25) is 0 Å². The number of cyclic esters (lactones) is 1. The maximum absolute atomic E-state index is 12.5. The number of hydrogen-bond acceptors (Lipinski definition) is 8. The van der Waals surface area contributed by atoms with Gasteiger partial charge in [-0.25, -0.2) is 4.79 Å². The van der Waals surface area contributed by atoms with Crippen molar-refractivity contribution in [2.24, 2.45) is 5.16 Å². The Balaban J connectivity index is 2.52. The van der Waals surface area contributed by atoms with Gasteiger partial charge in [-0.2, -0.15) is 0 Å². The van der Waals surface area contributed by atoms with Gasteiger partial charge in [0, 0.05) is 18.1 Å². The number of nitrogens with zero attached hydrogens (tertiary/aromatic N) is 1. The van der Waals surface area contributed by atoms with Crippen LogP contribution in [0.5, 0.6) is 11.5 Å². The van der Waals surface area contributed by atoms with Crippen molar-refractivity contribution in [2.75, 3.05) is 0 Å². The van der Waals surface area contributed by atoms with E-state index in [1.165, 1.54) is 24.3 Å². The summed E-state index contributed by atoms with van der Waals surface area (Å²) in [6.45, 7) is 1.60. The van der Waals surface area contributed by atoms with E-state index in [-0.39, 0.29) is 34.7 Å².